The highest BCUT2D eigenvalue weighted by Gasteiger charge is 2.58. The molecule has 1 fully saturated rings. The Hall–Kier alpha value is -6.78. The lowest BCUT2D eigenvalue weighted by Crippen LogP contribution is -2.62. The van der Waals surface area contributed by atoms with Crippen molar-refractivity contribution in [3.63, 3.8) is 0 Å². The average Bonchev–Trinajstić information content (AvgIpc) is 3.57. The molecule has 8 aromatic carbocycles. The zero-order chi connectivity index (χ0) is 56.0. The van der Waals surface area contributed by atoms with Gasteiger partial charge in [-0.1, -0.05) is 200 Å². The standard InChI is InChI=1S/C76H82BN3/c1-47-40-66-69-67(41-47)79(63-29-23-27-53-52-26-19-20-28-55(52)74(12,13)68(53)63)64-44-51(80-62-35-31-50(71(5,6)7)43-58(62)75(14)36-21-22-37-76(75,80)15)32-33-59(64)77(69)60-45-56-57(73(10,11)39-38-72(56,8)9)46-65(60)78(66)61-34-30-49(70(2,3)4)42-54(61)48-24-17-16-18-25-48/h16-20,23-35,40-46H,21-22,36-39H2,1-15H3. The molecule has 0 aromatic heterocycles. The van der Waals surface area contributed by atoms with E-state index >= 15 is 0 Å². The van der Waals surface area contributed by atoms with Gasteiger partial charge in [-0.2, -0.15) is 0 Å². The molecule has 0 saturated heterocycles. The molecule has 6 aliphatic rings. The van der Waals surface area contributed by atoms with Crippen LogP contribution in [0.5, 0.6) is 0 Å². The fourth-order valence-corrected chi connectivity index (χ4v) is 16.5. The van der Waals surface area contributed by atoms with Crippen molar-refractivity contribution in [2.75, 3.05) is 14.7 Å². The van der Waals surface area contributed by atoms with Gasteiger partial charge in [0, 0.05) is 50.5 Å². The number of rotatable bonds is 4. The summed E-state index contributed by atoms with van der Waals surface area (Å²) >= 11 is 0. The molecule has 3 heterocycles. The third kappa shape index (κ3) is 7.11. The number of hydrogen-bond donors (Lipinski definition) is 0. The van der Waals surface area contributed by atoms with Gasteiger partial charge in [-0.05, 0) is 193 Å². The van der Waals surface area contributed by atoms with Crippen LogP contribution in [0.1, 0.15) is 180 Å². The maximum Gasteiger partial charge on any atom is 0.252 e. The molecule has 3 nitrogen and oxygen atoms in total. The minimum Gasteiger partial charge on any atom is -0.334 e. The van der Waals surface area contributed by atoms with Crippen LogP contribution in [0.4, 0.5) is 45.5 Å². The topological polar surface area (TPSA) is 9.72 Å². The van der Waals surface area contributed by atoms with Crippen LogP contribution in [0.15, 0.2) is 152 Å². The zero-order valence-electron chi connectivity index (χ0n) is 50.6. The lowest BCUT2D eigenvalue weighted by molar-refractivity contribution is 0.195. The molecule has 3 aliphatic heterocycles. The Morgan fingerprint density at radius 3 is 1.73 bits per heavy atom. The third-order valence-electron chi connectivity index (χ3n) is 21.4. The molecule has 0 amide bonds. The molecule has 4 heteroatoms. The lowest BCUT2D eigenvalue weighted by Gasteiger charge is -2.51. The van der Waals surface area contributed by atoms with E-state index in [0.29, 0.717) is 0 Å². The quantitative estimate of drug-likeness (QED) is 0.163. The van der Waals surface area contributed by atoms with Crippen LogP contribution in [0.3, 0.4) is 0 Å². The Bertz CT molecular complexity index is 3920. The van der Waals surface area contributed by atoms with Crippen molar-refractivity contribution in [2.45, 2.75) is 180 Å². The summed E-state index contributed by atoms with van der Waals surface area (Å²) in [5.74, 6) is 0. The first-order valence-corrected chi connectivity index (χ1v) is 30.3. The van der Waals surface area contributed by atoms with Crippen LogP contribution in [0.25, 0.3) is 22.3 Å². The molecule has 0 bridgehead atoms. The molecule has 404 valence electrons. The minimum absolute atomic E-state index is 0.00122. The molecule has 0 spiro atoms. The number of fused-ring (bicyclic) bond motifs is 11. The van der Waals surface area contributed by atoms with E-state index in [2.05, 4.69) is 270 Å². The molecular weight excluding hydrogens is 966 g/mol. The van der Waals surface area contributed by atoms with Gasteiger partial charge in [0.2, 0.25) is 0 Å². The van der Waals surface area contributed by atoms with Crippen LogP contribution in [-0.4, -0.2) is 12.3 Å². The van der Waals surface area contributed by atoms with E-state index in [4.69, 9.17) is 0 Å². The Morgan fingerprint density at radius 2 is 1.02 bits per heavy atom. The largest absolute Gasteiger partial charge is 0.334 e. The molecule has 0 radical (unpaired) electrons. The van der Waals surface area contributed by atoms with Crippen LogP contribution >= 0.6 is 0 Å². The summed E-state index contributed by atoms with van der Waals surface area (Å²) in [6, 6.07) is 60.7. The van der Waals surface area contributed by atoms with Crippen LogP contribution in [0.2, 0.25) is 0 Å². The second kappa shape index (κ2) is 16.9. The van der Waals surface area contributed by atoms with Crippen LogP contribution < -0.4 is 31.1 Å². The van der Waals surface area contributed by atoms with Gasteiger partial charge in [-0.25, -0.2) is 0 Å². The minimum atomic E-state index is -0.244. The summed E-state index contributed by atoms with van der Waals surface area (Å²) in [5.41, 5.74) is 30.7. The number of aryl methyl sites for hydroxylation is 1. The SMILES string of the molecule is Cc1cc2c3c(c1)N(c1cccc4c1C(C)(C)c1ccccc1-4)c1cc(N4c5ccc(C(C)(C)C)cc5C5(C)CCCCC45C)ccc1B3c1cc3c(cc1N2c1ccc(C(C)(C)C)cc1-c1ccccc1)C(C)(C)CCC3(C)C. The van der Waals surface area contributed by atoms with Crippen LogP contribution in [0, 0.1) is 6.92 Å². The molecule has 3 aliphatic carbocycles. The Balaban J connectivity index is 1.10. The molecular formula is C76H82BN3. The molecule has 2 atom stereocenters. The number of hydrogen-bond acceptors (Lipinski definition) is 3. The number of anilines is 8. The fraction of sp³-hybridized carbons (Fsp3) is 0.368. The van der Waals surface area contributed by atoms with E-state index in [1.807, 2.05) is 0 Å². The fourth-order valence-electron chi connectivity index (χ4n) is 16.5. The molecule has 14 rings (SSSR count). The molecule has 80 heavy (non-hydrogen) atoms. The maximum absolute atomic E-state index is 2.82. The van der Waals surface area contributed by atoms with Gasteiger partial charge >= 0.3 is 0 Å². The van der Waals surface area contributed by atoms with E-state index in [9.17, 15) is 0 Å². The van der Waals surface area contributed by atoms with Gasteiger partial charge < -0.3 is 14.7 Å². The number of benzene rings is 8. The monoisotopic (exact) mass is 1050 g/mol. The summed E-state index contributed by atoms with van der Waals surface area (Å²) in [6.07, 6.45) is 7.15. The molecule has 1 saturated carbocycles. The van der Waals surface area contributed by atoms with E-state index in [0.717, 1.165) is 19.3 Å². The van der Waals surface area contributed by atoms with Gasteiger partial charge in [0.05, 0.1) is 16.9 Å². The van der Waals surface area contributed by atoms with Gasteiger partial charge in [0.25, 0.3) is 6.71 Å². The highest BCUT2D eigenvalue weighted by atomic mass is 15.3. The van der Waals surface area contributed by atoms with Crippen molar-refractivity contribution in [1.82, 2.24) is 0 Å². The Morgan fingerprint density at radius 1 is 0.425 bits per heavy atom. The molecule has 0 N–H and O–H groups in total. The average molecular weight is 1050 g/mol. The van der Waals surface area contributed by atoms with Gasteiger partial charge in [-0.3, -0.25) is 0 Å². The van der Waals surface area contributed by atoms with Gasteiger partial charge in [-0.15, -0.1) is 0 Å². The van der Waals surface area contributed by atoms with E-state index in [1.54, 1.807) is 0 Å². The summed E-state index contributed by atoms with van der Waals surface area (Å²) < 4.78 is 0. The maximum atomic E-state index is 2.82. The summed E-state index contributed by atoms with van der Waals surface area (Å²) in [4.78, 5) is 8.29. The van der Waals surface area contributed by atoms with Gasteiger partial charge in [0.1, 0.15) is 0 Å². The second-order valence-electron chi connectivity index (χ2n) is 29.6. The molecule has 2 unspecified atom stereocenters. The summed E-state index contributed by atoms with van der Waals surface area (Å²) in [6.45, 7) is 36.6. The zero-order valence-corrected chi connectivity index (χ0v) is 50.6. The molecule has 8 aromatic rings. The highest BCUT2D eigenvalue weighted by Crippen LogP contribution is 2.63. The predicted molar refractivity (Wildman–Crippen MR) is 344 cm³/mol. The third-order valence-corrected chi connectivity index (χ3v) is 21.4. The first-order chi connectivity index (χ1) is 37.8. The van der Waals surface area contributed by atoms with Crippen LogP contribution in [-0.2, 0) is 32.5 Å². The van der Waals surface area contributed by atoms with Crippen molar-refractivity contribution < 1.29 is 0 Å². The Kier molecular flexibility index (Phi) is 10.9. The van der Waals surface area contributed by atoms with E-state index in [1.165, 1.54) is 148 Å². The van der Waals surface area contributed by atoms with Crippen molar-refractivity contribution in [3.05, 3.63) is 196 Å². The van der Waals surface area contributed by atoms with Crippen molar-refractivity contribution in [1.29, 1.82) is 0 Å². The number of nitrogens with zero attached hydrogens (tertiary/aromatic N) is 3. The smallest absolute Gasteiger partial charge is 0.252 e. The van der Waals surface area contributed by atoms with Crippen molar-refractivity contribution in [2.24, 2.45) is 0 Å². The van der Waals surface area contributed by atoms with Gasteiger partial charge in [0.15, 0.2) is 0 Å². The Labute approximate surface area is 479 Å². The van der Waals surface area contributed by atoms with E-state index in [-0.39, 0.29) is 44.7 Å². The predicted octanol–water partition coefficient (Wildman–Crippen LogP) is 18.7. The first kappa shape index (κ1) is 51.4. The second-order valence-corrected chi connectivity index (χ2v) is 29.6. The highest BCUT2D eigenvalue weighted by molar-refractivity contribution is 7.00. The summed E-state index contributed by atoms with van der Waals surface area (Å²) in [5, 5.41) is 0. The lowest BCUT2D eigenvalue weighted by atomic mass is 9.33. The summed E-state index contributed by atoms with van der Waals surface area (Å²) in [7, 11) is 0. The first-order valence-electron chi connectivity index (χ1n) is 30.3. The van der Waals surface area contributed by atoms with Crippen molar-refractivity contribution in [3.8, 4) is 22.3 Å². The van der Waals surface area contributed by atoms with Crippen molar-refractivity contribution >= 4 is 68.6 Å². The normalized spacial score (nSPS) is 21.4. The van der Waals surface area contributed by atoms with E-state index < -0.39 is 0 Å².